The van der Waals surface area contributed by atoms with Crippen molar-refractivity contribution >= 4 is 71.4 Å². The standard InChI is InChI=1S/2C9H15N6O3.2C9H14N6O3.2CH4O.2Fe/c4*1-13(16)7-10-8(14(2)17)12-9(11-7)15-3-5-18-6-4-15;2*1-2;;/h2*16H,3-6H2,1-2H3;2*3-6H2,1-2H3;2*2H,1H3;;/q2*-1;2*-2;;;2*+3. The maximum absolute atomic E-state index is 11.3. The molecular weight excluding hydrogens is 1130 g/mol. The van der Waals surface area contributed by atoms with Crippen LogP contribution in [0.3, 0.4) is 0 Å². The van der Waals surface area contributed by atoms with Crippen molar-refractivity contribution in [2.75, 3.05) is 236 Å². The molecule has 4 aliphatic rings. The van der Waals surface area contributed by atoms with E-state index in [1.807, 2.05) is 19.6 Å². The van der Waals surface area contributed by atoms with Gasteiger partial charge < -0.3 is 110 Å². The Hall–Kier alpha value is -5.88. The Morgan fingerprint density at radius 1 is 0.295 bits per heavy atom. The molecule has 8 rings (SSSR count). The second-order valence-electron chi connectivity index (χ2n) is 15.4. The first kappa shape index (κ1) is 70.1. The number of aromatic nitrogens is 12. The molecule has 4 saturated heterocycles. The molecule has 38 nitrogen and oxygen atoms in total. The third-order valence-electron chi connectivity index (χ3n) is 9.84. The molecule has 0 aliphatic carbocycles. The summed E-state index contributed by atoms with van der Waals surface area (Å²) in [5.74, 6) is 1.04. The van der Waals surface area contributed by atoms with Crippen molar-refractivity contribution in [1.29, 1.82) is 0 Å². The van der Waals surface area contributed by atoms with Crippen molar-refractivity contribution in [2.45, 2.75) is 0 Å². The summed E-state index contributed by atoms with van der Waals surface area (Å²) in [5, 5.41) is 105. The zero-order chi connectivity index (χ0) is 56.5. The van der Waals surface area contributed by atoms with Gasteiger partial charge in [0.2, 0.25) is 59.5 Å². The number of morpholine rings is 4. The fourth-order valence-corrected chi connectivity index (χ4v) is 6.13. The molecule has 2 radical (unpaired) electrons. The molecule has 0 bridgehead atoms. The molecule has 8 heterocycles. The maximum Gasteiger partial charge on any atom is 3.00 e. The Labute approximate surface area is 470 Å². The molecule has 4 fully saturated rings. The van der Waals surface area contributed by atoms with Gasteiger partial charge in [0.1, 0.15) is 0 Å². The topological polar surface area (TPSA) is 450 Å². The van der Waals surface area contributed by atoms with Gasteiger partial charge in [0.05, 0.1) is 52.9 Å². The van der Waals surface area contributed by atoms with Crippen molar-refractivity contribution < 1.29 is 73.7 Å². The number of aliphatic hydroxyl groups is 2. The summed E-state index contributed by atoms with van der Waals surface area (Å²) in [4.78, 5) is 55.1. The number of anilines is 12. The second kappa shape index (κ2) is 36.3. The van der Waals surface area contributed by atoms with E-state index in [1.165, 1.54) is 56.4 Å². The molecule has 4 aromatic rings. The predicted octanol–water partition coefficient (Wildman–Crippen LogP) is -2.70. The Bertz CT molecular complexity index is 1850. The summed E-state index contributed by atoms with van der Waals surface area (Å²) in [6, 6.07) is 0. The smallest absolute Gasteiger partial charge is 0.756 e. The summed E-state index contributed by atoms with van der Waals surface area (Å²) in [6.45, 7) is 9.63. The third-order valence-corrected chi connectivity index (χ3v) is 9.84. The molecule has 0 atom stereocenters. The van der Waals surface area contributed by atoms with Crippen molar-refractivity contribution in [3.8, 4) is 0 Å². The van der Waals surface area contributed by atoms with Gasteiger partial charge in [-0.25, -0.2) is 10.1 Å². The van der Waals surface area contributed by atoms with Gasteiger partial charge in [-0.2, -0.15) is 59.8 Å². The van der Waals surface area contributed by atoms with E-state index < -0.39 is 0 Å². The molecule has 438 valence electrons. The van der Waals surface area contributed by atoms with Crippen LogP contribution < -0.4 is 60.1 Å². The van der Waals surface area contributed by atoms with Crippen molar-refractivity contribution in [2.24, 2.45) is 0 Å². The molecular formula is C38H66Fe2N24O14. The van der Waals surface area contributed by atoms with Gasteiger partial charge in [-0.1, -0.05) is 0 Å². The normalized spacial score (nSPS) is 14.6. The second-order valence-corrected chi connectivity index (χ2v) is 15.4. The van der Waals surface area contributed by atoms with Crippen molar-refractivity contribution in [3.63, 3.8) is 0 Å². The number of hydrogen-bond acceptors (Lipinski definition) is 38. The van der Waals surface area contributed by atoms with E-state index >= 15 is 0 Å². The van der Waals surface area contributed by atoms with Crippen LogP contribution in [0.25, 0.3) is 0 Å². The number of ether oxygens (including phenoxy) is 4. The zero-order valence-electron chi connectivity index (χ0n) is 44.6. The van der Waals surface area contributed by atoms with Crippen LogP contribution >= 0.6 is 0 Å². The van der Waals surface area contributed by atoms with Gasteiger partial charge in [-0.15, -0.1) is 0 Å². The minimum absolute atomic E-state index is 0. The fourth-order valence-electron chi connectivity index (χ4n) is 6.13. The largest absolute Gasteiger partial charge is 3.00 e. The van der Waals surface area contributed by atoms with Crippen LogP contribution in [0.1, 0.15) is 0 Å². The van der Waals surface area contributed by atoms with E-state index in [1.54, 1.807) is 0 Å². The minimum atomic E-state index is -0.0795. The molecule has 0 unspecified atom stereocenters. The van der Waals surface area contributed by atoms with E-state index in [4.69, 9.17) is 29.2 Å². The van der Waals surface area contributed by atoms with Crippen molar-refractivity contribution in [1.82, 2.24) is 59.8 Å². The van der Waals surface area contributed by atoms with E-state index in [0.29, 0.717) is 159 Å². The van der Waals surface area contributed by atoms with Crippen LogP contribution in [0.5, 0.6) is 0 Å². The summed E-state index contributed by atoms with van der Waals surface area (Å²) in [7, 11) is 12.4. The Morgan fingerprint density at radius 2 is 0.436 bits per heavy atom. The first-order valence-corrected chi connectivity index (χ1v) is 22.9. The van der Waals surface area contributed by atoms with Crippen LogP contribution in [-0.4, -0.2) is 256 Å². The average Bonchev–Trinajstić information content (AvgIpc) is 3.45. The summed E-state index contributed by atoms with van der Waals surface area (Å²) in [5.41, 5.74) is 0. The van der Waals surface area contributed by atoms with E-state index in [2.05, 4.69) is 59.8 Å². The molecule has 0 amide bonds. The van der Waals surface area contributed by atoms with Gasteiger partial charge in [-0.05, 0) is 42.3 Å². The van der Waals surface area contributed by atoms with E-state index in [0.717, 1.165) is 24.3 Å². The number of nitrogens with zero attached hydrogens (tertiary/aromatic N) is 24. The molecule has 0 aromatic carbocycles. The first-order valence-electron chi connectivity index (χ1n) is 22.9. The first-order chi connectivity index (χ1) is 36.3. The number of aliphatic hydroxyl groups excluding tert-OH is 2. The molecule has 40 heteroatoms. The Balaban J connectivity index is 0.000000504. The van der Waals surface area contributed by atoms with Gasteiger partial charge in [0.15, 0.2) is 0 Å². The Morgan fingerprint density at radius 3 is 0.577 bits per heavy atom. The van der Waals surface area contributed by atoms with Crippen LogP contribution in [0.15, 0.2) is 0 Å². The molecule has 4 aromatic heterocycles. The van der Waals surface area contributed by atoms with E-state index in [-0.39, 0.29) is 81.7 Å². The van der Waals surface area contributed by atoms with Crippen LogP contribution in [0.2, 0.25) is 0 Å². The van der Waals surface area contributed by atoms with Gasteiger partial charge in [0, 0.05) is 80.7 Å². The molecule has 78 heavy (non-hydrogen) atoms. The van der Waals surface area contributed by atoms with E-state index in [9.17, 15) is 41.7 Å². The van der Waals surface area contributed by atoms with Gasteiger partial charge in [0.25, 0.3) is 11.9 Å². The quantitative estimate of drug-likeness (QED) is 0.0828. The summed E-state index contributed by atoms with van der Waals surface area (Å²) in [6.07, 6.45) is 0. The van der Waals surface area contributed by atoms with Crippen LogP contribution in [0, 0.1) is 31.2 Å². The fraction of sp³-hybridized carbons (Fsp3) is 0.684. The minimum Gasteiger partial charge on any atom is -0.756 e. The molecule has 4 N–H and O–H groups in total. The monoisotopic (exact) mass is 1190 g/mol. The number of hydrogen-bond donors (Lipinski definition) is 4. The number of rotatable bonds is 12. The third kappa shape index (κ3) is 22.5. The molecule has 0 saturated carbocycles. The SMILES string of the molecule is CN([O-])c1nc(N(C)O)nc(N2CCOCC2)n1.CN([O-])c1nc(N(C)O)nc(N2CCOCC2)n1.CN([O-])c1nc(N(C)[O-])nc(N2CCOCC2)n1.CN([O-])c1nc(N(C)[O-])nc(N2CCOCC2)n1.CO.CO.[Fe+3].[Fe+3]. The van der Waals surface area contributed by atoms with Gasteiger partial charge >= 0.3 is 34.1 Å². The maximum atomic E-state index is 11.3. The van der Waals surface area contributed by atoms with Gasteiger partial charge in [-0.3, -0.25) is 10.4 Å². The summed E-state index contributed by atoms with van der Waals surface area (Å²) < 4.78 is 20.9. The molecule has 0 spiro atoms. The Kier molecular flexibility index (Phi) is 32.7. The van der Waals surface area contributed by atoms with Crippen LogP contribution in [0.4, 0.5) is 71.4 Å². The summed E-state index contributed by atoms with van der Waals surface area (Å²) >= 11 is 0. The predicted molar refractivity (Wildman–Crippen MR) is 279 cm³/mol. The van der Waals surface area contributed by atoms with Crippen molar-refractivity contribution in [3.05, 3.63) is 31.2 Å². The van der Waals surface area contributed by atoms with Crippen LogP contribution in [-0.2, 0) is 53.1 Å². The molecule has 4 aliphatic heterocycles. The number of hydroxylamine groups is 8. The average molecular weight is 1190 g/mol. The zero-order valence-corrected chi connectivity index (χ0v) is 46.8.